The zero-order valence-corrected chi connectivity index (χ0v) is 13.2. The van der Waals surface area contributed by atoms with E-state index in [1.807, 2.05) is 54.1 Å². The molecule has 0 saturated carbocycles. The Balaban J connectivity index is 1.77. The van der Waals surface area contributed by atoms with Crippen molar-refractivity contribution in [2.24, 2.45) is 0 Å². The third kappa shape index (κ3) is 3.52. The molecule has 2 amide bonds. The number of carbonyl (C=O) groups excluding carboxylic acids is 1. The topological polar surface area (TPSA) is 59.0 Å². The highest BCUT2D eigenvalue weighted by Crippen LogP contribution is 2.22. The highest BCUT2D eigenvalue weighted by Gasteiger charge is 2.08. The fourth-order valence-corrected chi connectivity index (χ4v) is 2.34. The molecule has 0 aliphatic rings. The van der Waals surface area contributed by atoms with Gasteiger partial charge in [0, 0.05) is 23.1 Å². The van der Waals surface area contributed by atoms with Crippen molar-refractivity contribution < 1.29 is 4.79 Å². The minimum atomic E-state index is -0.336. The molecule has 116 valence electrons. The second-order valence-electron chi connectivity index (χ2n) is 5.03. The van der Waals surface area contributed by atoms with Gasteiger partial charge in [-0.25, -0.2) is 9.78 Å². The first-order chi connectivity index (χ1) is 11.1. The number of imidazole rings is 1. The first kappa shape index (κ1) is 15.1. The number of hydrogen-bond donors (Lipinski definition) is 2. The Hall–Kier alpha value is -2.79. The number of rotatable bonds is 3. The number of aryl methyl sites for hydroxylation is 1. The van der Waals surface area contributed by atoms with Crippen LogP contribution in [0.3, 0.4) is 0 Å². The molecule has 3 aromatic rings. The Kier molecular flexibility index (Phi) is 4.30. The summed E-state index contributed by atoms with van der Waals surface area (Å²) in [6.07, 6.45) is 5.18. The van der Waals surface area contributed by atoms with Crippen LogP contribution < -0.4 is 10.6 Å². The van der Waals surface area contributed by atoms with Gasteiger partial charge < -0.3 is 15.2 Å². The molecule has 0 aliphatic carbocycles. The van der Waals surface area contributed by atoms with Gasteiger partial charge in [-0.3, -0.25) is 0 Å². The molecule has 0 atom stereocenters. The number of anilines is 2. The van der Waals surface area contributed by atoms with Crippen molar-refractivity contribution in [3.63, 3.8) is 0 Å². The Morgan fingerprint density at radius 1 is 1.17 bits per heavy atom. The lowest BCUT2D eigenvalue weighted by molar-refractivity contribution is 0.262. The minimum absolute atomic E-state index is 0.336. The van der Waals surface area contributed by atoms with Crippen LogP contribution in [0.15, 0.2) is 61.2 Å². The summed E-state index contributed by atoms with van der Waals surface area (Å²) in [5.41, 5.74) is 3.12. The van der Waals surface area contributed by atoms with Crippen molar-refractivity contribution in [1.29, 1.82) is 0 Å². The summed E-state index contributed by atoms with van der Waals surface area (Å²) in [5, 5.41) is 6.22. The van der Waals surface area contributed by atoms with Crippen LogP contribution in [0, 0.1) is 6.92 Å². The first-order valence-electron chi connectivity index (χ1n) is 7.05. The van der Waals surface area contributed by atoms with Crippen molar-refractivity contribution in [2.75, 3.05) is 10.6 Å². The highest BCUT2D eigenvalue weighted by atomic mass is 35.5. The molecule has 0 unspecified atom stereocenters. The van der Waals surface area contributed by atoms with Gasteiger partial charge in [0.25, 0.3) is 0 Å². The van der Waals surface area contributed by atoms with Gasteiger partial charge in [0.1, 0.15) is 0 Å². The monoisotopic (exact) mass is 326 g/mol. The summed E-state index contributed by atoms with van der Waals surface area (Å²) in [7, 11) is 0. The van der Waals surface area contributed by atoms with E-state index < -0.39 is 0 Å². The van der Waals surface area contributed by atoms with Gasteiger partial charge in [0.2, 0.25) is 0 Å². The van der Waals surface area contributed by atoms with Crippen LogP contribution in [0.1, 0.15) is 5.56 Å². The normalized spacial score (nSPS) is 10.3. The Bertz CT molecular complexity index is 830. The van der Waals surface area contributed by atoms with E-state index >= 15 is 0 Å². The van der Waals surface area contributed by atoms with Gasteiger partial charge in [-0.15, -0.1) is 0 Å². The van der Waals surface area contributed by atoms with E-state index in [9.17, 15) is 4.79 Å². The third-order valence-corrected chi connectivity index (χ3v) is 3.77. The van der Waals surface area contributed by atoms with E-state index in [1.165, 1.54) is 0 Å². The molecule has 5 nitrogen and oxygen atoms in total. The number of nitrogens with one attached hydrogen (secondary N) is 2. The molecule has 2 aromatic carbocycles. The molecule has 2 N–H and O–H groups in total. The largest absolute Gasteiger partial charge is 0.323 e. The number of amides is 2. The van der Waals surface area contributed by atoms with Gasteiger partial charge in [0.05, 0.1) is 17.7 Å². The molecule has 23 heavy (non-hydrogen) atoms. The van der Waals surface area contributed by atoms with E-state index in [2.05, 4.69) is 15.6 Å². The lowest BCUT2D eigenvalue weighted by atomic mass is 10.2. The maximum Gasteiger partial charge on any atom is 0.323 e. The second kappa shape index (κ2) is 6.54. The molecule has 0 bridgehead atoms. The third-order valence-electron chi connectivity index (χ3n) is 3.36. The summed E-state index contributed by atoms with van der Waals surface area (Å²) in [6, 6.07) is 12.5. The molecule has 0 saturated heterocycles. The Morgan fingerprint density at radius 3 is 2.74 bits per heavy atom. The van der Waals surface area contributed by atoms with Gasteiger partial charge >= 0.3 is 6.03 Å². The predicted molar refractivity (Wildman–Crippen MR) is 92.4 cm³/mol. The molecule has 0 aliphatic heterocycles. The summed E-state index contributed by atoms with van der Waals surface area (Å²) in [5.74, 6) is 0. The maximum atomic E-state index is 12.2. The average molecular weight is 327 g/mol. The number of hydrogen-bond acceptors (Lipinski definition) is 2. The lowest BCUT2D eigenvalue weighted by Crippen LogP contribution is -2.20. The SMILES string of the molecule is Cc1ccc(NC(=O)Nc2ccccc2-n2ccnc2)cc1Cl. The lowest BCUT2D eigenvalue weighted by Gasteiger charge is -2.12. The van der Waals surface area contributed by atoms with E-state index in [4.69, 9.17) is 11.6 Å². The summed E-state index contributed by atoms with van der Waals surface area (Å²) >= 11 is 6.07. The fourth-order valence-electron chi connectivity index (χ4n) is 2.16. The van der Waals surface area contributed by atoms with Crippen molar-refractivity contribution in [1.82, 2.24) is 9.55 Å². The number of nitrogens with zero attached hydrogens (tertiary/aromatic N) is 2. The van der Waals surface area contributed by atoms with Crippen LogP contribution in [0.2, 0.25) is 5.02 Å². The standard InChI is InChI=1S/C17H15ClN4O/c1-12-6-7-13(10-14(12)18)20-17(23)21-15-4-2-3-5-16(15)22-9-8-19-11-22/h2-11H,1H3,(H2,20,21,23). The molecule has 0 fully saturated rings. The molecule has 3 rings (SSSR count). The Labute approximate surface area is 138 Å². The summed E-state index contributed by atoms with van der Waals surface area (Å²) in [4.78, 5) is 16.2. The number of benzene rings is 2. The van der Waals surface area contributed by atoms with E-state index in [0.717, 1.165) is 11.3 Å². The van der Waals surface area contributed by atoms with Gasteiger partial charge in [-0.2, -0.15) is 0 Å². The molecule has 6 heteroatoms. The first-order valence-corrected chi connectivity index (χ1v) is 7.43. The van der Waals surface area contributed by atoms with Crippen LogP contribution in [0.5, 0.6) is 0 Å². The molecule has 1 heterocycles. The molecular formula is C17H15ClN4O. The van der Waals surface area contributed by atoms with Crippen LogP contribution in [0.25, 0.3) is 5.69 Å². The van der Waals surface area contributed by atoms with Crippen molar-refractivity contribution in [3.05, 3.63) is 71.8 Å². The second-order valence-corrected chi connectivity index (χ2v) is 5.44. The van der Waals surface area contributed by atoms with E-state index in [0.29, 0.717) is 16.4 Å². The molecular weight excluding hydrogens is 312 g/mol. The number of halogens is 1. The number of aromatic nitrogens is 2. The quantitative estimate of drug-likeness (QED) is 0.745. The van der Waals surface area contributed by atoms with Crippen LogP contribution in [-0.4, -0.2) is 15.6 Å². The number of carbonyl (C=O) groups is 1. The zero-order chi connectivity index (χ0) is 16.2. The van der Waals surface area contributed by atoms with Gasteiger partial charge in [-0.1, -0.05) is 29.8 Å². The van der Waals surface area contributed by atoms with Crippen molar-refractivity contribution >= 4 is 29.0 Å². The fraction of sp³-hybridized carbons (Fsp3) is 0.0588. The van der Waals surface area contributed by atoms with Gasteiger partial charge in [-0.05, 0) is 36.8 Å². The van der Waals surface area contributed by atoms with Crippen LogP contribution >= 0.6 is 11.6 Å². The Morgan fingerprint density at radius 2 is 2.00 bits per heavy atom. The predicted octanol–water partition coefficient (Wildman–Crippen LogP) is 4.48. The zero-order valence-electron chi connectivity index (χ0n) is 12.5. The molecule has 0 spiro atoms. The van der Waals surface area contributed by atoms with Crippen LogP contribution in [0.4, 0.5) is 16.2 Å². The number of urea groups is 1. The number of para-hydroxylation sites is 2. The minimum Gasteiger partial charge on any atom is -0.308 e. The van der Waals surface area contributed by atoms with Gasteiger partial charge in [0.15, 0.2) is 0 Å². The summed E-state index contributed by atoms with van der Waals surface area (Å²) < 4.78 is 1.83. The molecule has 1 aromatic heterocycles. The van der Waals surface area contributed by atoms with Crippen molar-refractivity contribution in [3.8, 4) is 5.69 Å². The average Bonchev–Trinajstić information content (AvgIpc) is 3.06. The van der Waals surface area contributed by atoms with Crippen molar-refractivity contribution in [2.45, 2.75) is 6.92 Å². The van der Waals surface area contributed by atoms with E-state index in [-0.39, 0.29) is 6.03 Å². The summed E-state index contributed by atoms with van der Waals surface area (Å²) in [6.45, 7) is 1.91. The molecule has 0 radical (unpaired) electrons. The van der Waals surface area contributed by atoms with Crippen LogP contribution in [-0.2, 0) is 0 Å². The smallest absolute Gasteiger partial charge is 0.308 e. The maximum absolute atomic E-state index is 12.2. The van der Waals surface area contributed by atoms with E-state index in [1.54, 1.807) is 18.6 Å². The highest BCUT2D eigenvalue weighted by molar-refractivity contribution is 6.31.